The fraction of sp³-hybridized carbons (Fsp3) is 0.263. The average Bonchev–Trinajstić information content (AvgIpc) is 3.10. The number of nitrogens with one attached hydrogen (secondary N) is 3. The van der Waals surface area contributed by atoms with Gasteiger partial charge in [0.1, 0.15) is 11.5 Å². The average molecular weight is 367 g/mol. The molecule has 8 heteroatoms. The summed E-state index contributed by atoms with van der Waals surface area (Å²) in [6.07, 6.45) is 0.878. The van der Waals surface area contributed by atoms with Crippen LogP contribution in [-0.4, -0.2) is 27.3 Å². The molecule has 0 spiro atoms. The standard InChI is InChI=1S/C19H21N5O3/c1-13(19-22-14-7-2-3-8-15(14)23-19)21-18(25)11-6-12-20-16-9-4-5-10-17(16)24(26)27/h2-5,7-10,13,20H,6,11-12H2,1H3,(H,21,25)(H,22,23)/t13-/m0/s1. The lowest BCUT2D eigenvalue weighted by atomic mass is 10.2. The Bertz CT molecular complexity index is 920. The number of benzene rings is 2. The van der Waals surface area contributed by atoms with Crippen molar-refractivity contribution in [3.05, 3.63) is 64.5 Å². The first-order chi connectivity index (χ1) is 13.0. The zero-order chi connectivity index (χ0) is 19.2. The summed E-state index contributed by atoms with van der Waals surface area (Å²) in [5.41, 5.74) is 2.28. The number of aromatic nitrogens is 2. The van der Waals surface area contributed by atoms with Crippen molar-refractivity contribution in [2.24, 2.45) is 0 Å². The van der Waals surface area contributed by atoms with E-state index >= 15 is 0 Å². The van der Waals surface area contributed by atoms with Crippen LogP contribution in [-0.2, 0) is 4.79 Å². The van der Waals surface area contributed by atoms with E-state index in [-0.39, 0.29) is 17.6 Å². The van der Waals surface area contributed by atoms with E-state index in [0.717, 1.165) is 11.0 Å². The number of hydrogen-bond acceptors (Lipinski definition) is 5. The minimum atomic E-state index is -0.427. The van der Waals surface area contributed by atoms with E-state index in [2.05, 4.69) is 20.6 Å². The van der Waals surface area contributed by atoms with Crippen LogP contribution in [0.2, 0.25) is 0 Å². The SMILES string of the molecule is C[C@H](NC(=O)CCCNc1ccccc1[N+](=O)[O-])c1nc2ccccc2[nH]1. The summed E-state index contributed by atoms with van der Waals surface area (Å²) in [4.78, 5) is 30.4. The zero-order valence-corrected chi connectivity index (χ0v) is 14.9. The topological polar surface area (TPSA) is 113 Å². The maximum atomic E-state index is 12.1. The molecular weight excluding hydrogens is 346 g/mol. The minimum absolute atomic E-state index is 0.0282. The van der Waals surface area contributed by atoms with E-state index in [1.54, 1.807) is 18.2 Å². The third-order valence-corrected chi connectivity index (χ3v) is 4.19. The number of carbonyl (C=O) groups excluding carboxylic acids is 1. The number of para-hydroxylation sites is 4. The number of nitro benzene ring substituents is 1. The van der Waals surface area contributed by atoms with Gasteiger partial charge in [0.2, 0.25) is 5.91 Å². The molecule has 1 aromatic heterocycles. The first kappa shape index (κ1) is 18.4. The van der Waals surface area contributed by atoms with Crippen LogP contribution in [0, 0.1) is 10.1 Å². The number of aromatic amines is 1. The summed E-state index contributed by atoms with van der Waals surface area (Å²) < 4.78 is 0. The summed E-state index contributed by atoms with van der Waals surface area (Å²) in [6.45, 7) is 2.35. The van der Waals surface area contributed by atoms with Crippen molar-refractivity contribution in [2.45, 2.75) is 25.8 Å². The van der Waals surface area contributed by atoms with Gasteiger partial charge in [-0.25, -0.2) is 4.98 Å². The molecule has 1 atom stereocenters. The normalized spacial score (nSPS) is 11.9. The van der Waals surface area contributed by atoms with Gasteiger partial charge < -0.3 is 15.6 Å². The summed E-state index contributed by atoms with van der Waals surface area (Å²) in [7, 11) is 0. The second kappa shape index (κ2) is 8.31. The highest BCUT2D eigenvalue weighted by atomic mass is 16.6. The summed E-state index contributed by atoms with van der Waals surface area (Å²) in [6, 6.07) is 13.9. The van der Waals surface area contributed by atoms with Gasteiger partial charge in [-0.2, -0.15) is 0 Å². The third kappa shape index (κ3) is 4.60. The Kier molecular flexibility index (Phi) is 5.65. The first-order valence-corrected chi connectivity index (χ1v) is 8.76. The maximum Gasteiger partial charge on any atom is 0.292 e. The molecule has 0 bridgehead atoms. The Balaban J connectivity index is 1.46. The molecule has 0 aliphatic rings. The van der Waals surface area contributed by atoms with E-state index in [1.165, 1.54) is 6.07 Å². The van der Waals surface area contributed by atoms with Gasteiger partial charge in [-0.05, 0) is 31.5 Å². The van der Waals surface area contributed by atoms with Crippen molar-refractivity contribution in [1.29, 1.82) is 0 Å². The quantitative estimate of drug-likeness (QED) is 0.320. The molecule has 140 valence electrons. The number of fused-ring (bicyclic) bond motifs is 1. The van der Waals surface area contributed by atoms with Crippen LogP contribution < -0.4 is 10.6 Å². The molecule has 0 fully saturated rings. The van der Waals surface area contributed by atoms with E-state index in [1.807, 2.05) is 31.2 Å². The molecule has 2 aromatic carbocycles. The second-order valence-electron chi connectivity index (χ2n) is 6.23. The van der Waals surface area contributed by atoms with Crippen molar-refractivity contribution in [3.63, 3.8) is 0 Å². The lowest BCUT2D eigenvalue weighted by Gasteiger charge is -2.12. The van der Waals surface area contributed by atoms with Crippen LogP contribution in [0.5, 0.6) is 0 Å². The van der Waals surface area contributed by atoms with Crippen molar-refractivity contribution in [1.82, 2.24) is 15.3 Å². The maximum absolute atomic E-state index is 12.1. The van der Waals surface area contributed by atoms with Gasteiger partial charge in [0.15, 0.2) is 0 Å². The van der Waals surface area contributed by atoms with Crippen LogP contribution >= 0.6 is 0 Å². The number of amides is 1. The Labute approximate surface area is 156 Å². The highest BCUT2D eigenvalue weighted by Gasteiger charge is 2.14. The summed E-state index contributed by atoms with van der Waals surface area (Å²) >= 11 is 0. The van der Waals surface area contributed by atoms with Crippen LogP contribution in [0.15, 0.2) is 48.5 Å². The first-order valence-electron chi connectivity index (χ1n) is 8.76. The summed E-state index contributed by atoms with van der Waals surface area (Å²) in [5, 5.41) is 16.9. The Morgan fingerprint density at radius 1 is 1.22 bits per heavy atom. The van der Waals surface area contributed by atoms with Crippen LogP contribution in [0.25, 0.3) is 11.0 Å². The molecule has 0 radical (unpaired) electrons. The van der Waals surface area contributed by atoms with E-state index in [0.29, 0.717) is 30.9 Å². The molecule has 3 N–H and O–H groups in total. The lowest BCUT2D eigenvalue weighted by molar-refractivity contribution is -0.384. The smallest absolute Gasteiger partial charge is 0.292 e. The van der Waals surface area contributed by atoms with Crippen molar-refractivity contribution in [3.8, 4) is 0 Å². The minimum Gasteiger partial charge on any atom is -0.379 e. The van der Waals surface area contributed by atoms with Crippen LogP contribution in [0.1, 0.15) is 31.6 Å². The van der Waals surface area contributed by atoms with Gasteiger partial charge in [0.25, 0.3) is 5.69 Å². The fourth-order valence-corrected chi connectivity index (χ4v) is 2.81. The zero-order valence-electron chi connectivity index (χ0n) is 14.9. The molecule has 27 heavy (non-hydrogen) atoms. The third-order valence-electron chi connectivity index (χ3n) is 4.19. The van der Waals surface area contributed by atoms with Gasteiger partial charge >= 0.3 is 0 Å². The molecule has 0 unspecified atom stereocenters. The van der Waals surface area contributed by atoms with Gasteiger partial charge in [-0.3, -0.25) is 14.9 Å². The predicted octanol–water partition coefficient (Wildman–Crippen LogP) is 3.54. The molecule has 0 saturated heterocycles. The highest BCUT2D eigenvalue weighted by molar-refractivity contribution is 5.77. The van der Waals surface area contributed by atoms with Crippen molar-refractivity contribution in [2.75, 3.05) is 11.9 Å². The number of rotatable bonds is 8. The summed E-state index contributed by atoms with van der Waals surface area (Å²) in [5.74, 6) is 0.620. The Morgan fingerprint density at radius 2 is 1.96 bits per heavy atom. The molecule has 3 aromatic rings. The highest BCUT2D eigenvalue weighted by Crippen LogP contribution is 2.23. The number of hydrogen-bond donors (Lipinski definition) is 3. The number of nitro groups is 1. The Morgan fingerprint density at radius 3 is 2.74 bits per heavy atom. The second-order valence-corrected chi connectivity index (χ2v) is 6.23. The predicted molar refractivity (Wildman–Crippen MR) is 103 cm³/mol. The number of carbonyl (C=O) groups is 1. The molecule has 0 saturated carbocycles. The van der Waals surface area contributed by atoms with Crippen LogP contribution in [0.4, 0.5) is 11.4 Å². The number of anilines is 1. The molecule has 3 rings (SSSR count). The molecule has 1 heterocycles. The van der Waals surface area contributed by atoms with E-state index in [9.17, 15) is 14.9 Å². The van der Waals surface area contributed by atoms with Gasteiger partial charge in [0.05, 0.1) is 22.0 Å². The Hall–Kier alpha value is -3.42. The number of nitrogens with zero attached hydrogens (tertiary/aromatic N) is 2. The van der Waals surface area contributed by atoms with Crippen molar-refractivity contribution < 1.29 is 9.72 Å². The van der Waals surface area contributed by atoms with Gasteiger partial charge in [-0.1, -0.05) is 24.3 Å². The van der Waals surface area contributed by atoms with Gasteiger partial charge in [0, 0.05) is 19.0 Å². The molecule has 0 aliphatic heterocycles. The largest absolute Gasteiger partial charge is 0.379 e. The lowest BCUT2D eigenvalue weighted by Crippen LogP contribution is -2.27. The molecular formula is C19H21N5O3. The molecule has 0 aliphatic carbocycles. The van der Waals surface area contributed by atoms with Crippen molar-refractivity contribution >= 4 is 28.3 Å². The monoisotopic (exact) mass is 367 g/mol. The number of H-pyrrole nitrogens is 1. The van der Waals surface area contributed by atoms with E-state index in [4.69, 9.17) is 0 Å². The molecule has 1 amide bonds. The van der Waals surface area contributed by atoms with Crippen LogP contribution in [0.3, 0.4) is 0 Å². The van der Waals surface area contributed by atoms with E-state index < -0.39 is 4.92 Å². The molecule has 8 nitrogen and oxygen atoms in total. The fourth-order valence-electron chi connectivity index (χ4n) is 2.81. The number of imidazole rings is 1. The van der Waals surface area contributed by atoms with Gasteiger partial charge in [-0.15, -0.1) is 0 Å².